The summed E-state index contributed by atoms with van der Waals surface area (Å²) < 4.78 is 0. The van der Waals surface area contributed by atoms with E-state index >= 15 is 0 Å². The van der Waals surface area contributed by atoms with Crippen LogP contribution in [0.15, 0.2) is 30.3 Å². The van der Waals surface area contributed by atoms with Crippen molar-refractivity contribution < 1.29 is 9.90 Å². The van der Waals surface area contributed by atoms with E-state index in [4.69, 9.17) is 23.2 Å². The number of likely N-dealkylation sites (tertiary alicyclic amines) is 1. The van der Waals surface area contributed by atoms with E-state index in [2.05, 4.69) is 25.5 Å². The molecule has 4 N–H and O–H groups in total. The van der Waals surface area contributed by atoms with Gasteiger partial charge < -0.3 is 20.7 Å². The minimum Gasteiger partial charge on any atom is -0.506 e. The van der Waals surface area contributed by atoms with Gasteiger partial charge in [0.05, 0.1) is 16.1 Å². The van der Waals surface area contributed by atoms with Crippen molar-refractivity contribution in [2.24, 2.45) is 5.92 Å². The van der Waals surface area contributed by atoms with Gasteiger partial charge in [-0.2, -0.15) is 0 Å². The molecular weight excluding hydrogens is 461 g/mol. The number of halogens is 2. The number of piperidine rings is 1. The second-order valence-corrected chi connectivity index (χ2v) is 9.75. The normalized spacial score (nSPS) is 15.3. The summed E-state index contributed by atoms with van der Waals surface area (Å²) in [7, 11) is 0. The molecule has 1 aromatic heterocycles. The number of phenolic OH excluding ortho intramolecular Hbond substituents is 1. The summed E-state index contributed by atoms with van der Waals surface area (Å²) in [5, 5.41) is 17.4. The van der Waals surface area contributed by atoms with Gasteiger partial charge >= 0.3 is 0 Å². The first-order chi connectivity index (χ1) is 15.8. The lowest BCUT2D eigenvalue weighted by molar-refractivity contribution is 0.0944. The van der Waals surface area contributed by atoms with Crippen LogP contribution in [0.1, 0.15) is 42.6 Å². The zero-order valence-corrected chi connectivity index (χ0v) is 20.3. The van der Waals surface area contributed by atoms with Crippen LogP contribution in [0.5, 0.6) is 5.75 Å². The van der Waals surface area contributed by atoms with Crippen molar-refractivity contribution >= 4 is 46.1 Å². The van der Waals surface area contributed by atoms with Crippen molar-refractivity contribution in [1.29, 1.82) is 0 Å². The number of para-hydroxylation sites is 1. The van der Waals surface area contributed by atoms with Crippen LogP contribution in [0.3, 0.4) is 0 Å². The molecule has 0 aliphatic carbocycles. The number of imidazole rings is 1. The average molecular weight is 490 g/mol. The first-order valence-corrected chi connectivity index (χ1v) is 12.0. The number of aromatic hydroxyl groups is 1. The standard InChI is InChI=1S/C24H29Cl2N5O2/c1-14(2)28-23(33)18-4-3-5-20-21(18)30-24(29-20)27-12-15-6-8-31(9-7-15)13-16-10-17(25)11-19(26)22(16)32/h3-5,10-11,14-15,32H,6-9,12-13H2,1-2H3,(H,28,33)(H2,27,29,30). The van der Waals surface area contributed by atoms with Gasteiger partial charge in [-0.25, -0.2) is 4.98 Å². The number of hydrogen-bond donors (Lipinski definition) is 4. The van der Waals surface area contributed by atoms with Gasteiger partial charge in [0.15, 0.2) is 0 Å². The van der Waals surface area contributed by atoms with E-state index in [0.29, 0.717) is 34.5 Å². The van der Waals surface area contributed by atoms with Gasteiger partial charge in [0.25, 0.3) is 5.91 Å². The number of rotatable bonds is 7. The predicted octanol–water partition coefficient (Wildman–Crippen LogP) is 5.04. The quantitative estimate of drug-likeness (QED) is 0.373. The van der Waals surface area contributed by atoms with Gasteiger partial charge in [0.2, 0.25) is 5.95 Å². The number of fused-ring (bicyclic) bond motifs is 1. The number of nitrogens with zero attached hydrogens (tertiary/aromatic N) is 2. The fourth-order valence-electron chi connectivity index (χ4n) is 4.21. The van der Waals surface area contributed by atoms with Crippen molar-refractivity contribution in [3.05, 3.63) is 51.5 Å². The third-order valence-electron chi connectivity index (χ3n) is 5.94. The molecule has 1 aliphatic rings. The second kappa shape index (κ2) is 10.2. The first-order valence-electron chi connectivity index (χ1n) is 11.2. The number of hydrogen-bond acceptors (Lipinski definition) is 5. The van der Waals surface area contributed by atoms with E-state index in [0.717, 1.165) is 43.6 Å². The Kier molecular flexibility index (Phi) is 7.32. The Morgan fingerprint density at radius 3 is 2.76 bits per heavy atom. The third-order valence-corrected chi connectivity index (χ3v) is 6.45. The van der Waals surface area contributed by atoms with Gasteiger partial charge in [0, 0.05) is 29.7 Å². The van der Waals surface area contributed by atoms with E-state index in [9.17, 15) is 9.90 Å². The van der Waals surface area contributed by atoms with Crippen LogP contribution in [-0.4, -0.2) is 51.6 Å². The molecule has 176 valence electrons. The molecule has 0 atom stereocenters. The van der Waals surface area contributed by atoms with E-state index in [1.165, 1.54) is 0 Å². The summed E-state index contributed by atoms with van der Waals surface area (Å²) in [4.78, 5) is 22.7. The molecule has 3 aromatic rings. The van der Waals surface area contributed by atoms with Crippen LogP contribution >= 0.6 is 23.2 Å². The maximum atomic E-state index is 12.5. The molecule has 1 amide bonds. The maximum absolute atomic E-state index is 12.5. The molecule has 9 heteroatoms. The smallest absolute Gasteiger partial charge is 0.253 e. The second-order valence-electron chi connectivity index (χ2n) is 8.91. The minimum atomic E-state index is -0.118. The van der Waals surface area contributed by atoms with Crippen LogP contribution in [0, 0.1) is 5.92 Å². The lowest BCUT2D eigenvalue weighted by atomic mass is 9.96. The van der Waals surface area contributed by atoms with Crippen molar-refractivity contribution in [1.82, 2.24) is 20.2 Å². The molecule has 0 spiro atoms. The highest BCUT2D eigenvalue weighted by atomic mass is 35.5. The number of H-pyrrole nitrogens is 1. The molecule has 7 nitrogen and oxygen atoms in total. The molecule has 0 radical (unpaired) electrons. The summed E-state index contributed by atoms with van der Waals surface area (Å²) in [5.74, 6) is 1.18. The van der Waals surface area contributed by atoms with Crippen molar-refractivity contribution in [2.75, 3.05) is 25.0 Å². The fraction of sp³-hybridized carbons (Fsp3) is 0.417. The van der Waals surface area contributed by atoms with Gasteiger partial charge in [-0.15, -0.1) is 0 Å². The summed E-state index contributed by atoms with van der Waals surface area (Å²) in [6.07, 6.45) is 2.06. The molecule has 0 unspecified atom stereocenters. The van der Waals surface area contributed by atoms with E-state index in [-0.39, 0.29) is 22.7 Å². The number of benzene rings is 2. The molecule has 0 bridgehead atoms. The number of aromatic amines is 1. The number of carbonyl (C=O) groups excluding carboxylic acids is 1. The molecule has 2 heterocycles. The molecule has 33 heavy (non-hydrogen) atoms. The van der Waals surface area contributed by atoms with Crippen LogP contribution in [0.2, 0.25) is 10.0 Å². The third kappa shape index (κ3) is 5.72. The predicted molar refractivity (Wildman–Crippen MR) is 133 cm³/mol. The lowest BCUT2D eigenvalue weighted by Crippen LogP contribution is -2.35. The van der Waals surface area contributed by atoms with E-state index in [1.54, 1.807) is 18.2 Å². The summed E-state index contributed by atoms with van der Waals surface area (Å²) in [5.41, 5.74) is 2.84. The Morgan fingerprint density at radius 2 is 2.03 bits per heavy atom. The highest BCUT2D eigenvalue weighted by Gasteiger charge is 2.21. The number of nitrogens with one attached hydrogen (secondary N) is 3. The fourth-order valence-corrected chi connectivity index (χ4v) is 4.75. The Bertz CT molecular complexity index is 1140. The Morgan fingerprint density at radius 1 is 1.27 bits per heavy atom. The zero-order valence-electron chi connectivity index (χ0n) is 18.8. The molecule has 2 aromatic carbocycles. The molecule has 1 aliphatic heterocycles. The van der Waals surface area contributed by atoms with Crippen molar-refractivity contribution in [3.63, 3.8) is 0 Å². The van der Waals surface area contributed by atoms with Crippen LogP contribution in [0.4, 0.5) is 5.95 Å². The van der Waals surface area contributed by atoms with Crippen molar-refractivity contribution in [2.45, 2.75) is 39.3 Å². The topological polar surface area (TPSA) is 93.3 Å². The van der Waals surface area contributed by atoms with Crippen LogP contribution in [-0.2, 0) is 6.54 Å². The highest BCUT2D eigenvalue weighted by molar-refractivity contribution is 6.35. The number of aromatic nitrogens is 2. The first kappa shape index (κ1) is 23.7. The Hall–Kier alpha value is -2.48. The SMILES string of the molecule is CC(C)NC(=O)c1cccc2[nH]c(NCC3CCN(Cc4cc(Cl)cc(Cl)c4O)CC3)nc12. The van der Waals surface area contributed by atoms with Crippen molar-refractivity contribution in [3.8, 4) is 5.75 Å². The monoisotopic (exact) mass is 489 g/mol. The number of amides is 1. The lowest BCUT2D eigenvalue weighted by Gasteiger charge is -2.32. The van der Waals surface area contributed by atoms with Gasteiger partial charge in [-0.05, 0) is 70.0 Å². The molecular formula is C24H29Cl2N5O2. The molecule has 1 saturated heterocycles. The van der Waals surface area contributed by atoms with Crippen LogP contribution < -0.4 is 10.6 Å². The van der Waals surface area contributed by atoms with Gasteiger partial charge in [-0.1, -0.05) is 29.3 Å². The molecule has 4 rings (SSSR count). The minimum absolute atomic E-state index is 0.0648. The largest absolute Gasteiger partial charge is 0.506 e. The van der Waals surface area contributed by atoms with E-state index < -0.39 is 0 Å². The Balaban J connectivity index is 1.32. The molecule has 0 saturated carbocycles. The average Bonchev–Trinajstić information content (AvgIpc) is 3.19. The number of phenols is 1. The number of carbonyl (C=O) groups is 1. The van der Waals surface area contributed by atoms with Gasteiger partial charge in [0.1, 0.15) is 11.3 Å². The zero-order chi connectivity index (χ0) is 23.5. The van der Waals surface area contributed by atoms with Gasteiger partial charge in [-0.3, -0.25) is 9.69 Å². The maximum Gasteiger partial charge on any atom is 0.253 e. The van der Waals surface area contributed by atoms with Crippen LogP contribution in [0.25, 0.3) is 11.0 Å². The highest BCUT2D eigenvalue weighted by Crippen LogP contribution is 2.32. The summed E-state index contributed by atoms with van der Waals surface area (Å²) in [6.45, 7) is 7.15. The number of anilines is 1. The summed E-state index contributed by atoms with van der Waals surface area (Å²) in [6, 6.07) is 8.97. The van der Waals surface area contributed by atoms with E-state index in [1.807, 2.05) is 26.0 Å². The molecule has 1 fully saturated rings. The summed E-state index contributed by atoms with van der Waals surface area (Å²) >= 11 is 12.1. The Labute approximate surface area is 203 Å².